The number of carboxylic acid groups (broad SMARTS) is 1. The monoisotopic (exact) mass is 146 g/mol. The lowest BCUT2D eigenvalue weighted by Crippen LogP contribution is -2.43. The maximum absolute atomic E-state index is 10.3. The Morgan fingerprint density at radius 2 is 2.56 bits per heavy atom. The van der Waals surface area contributed by atoms with Crippen LogP contribution in [0.3, 0.4) is 0 Å². The number of hydrogen-bond acceptors (Lipinski definition) is 4. The zero-order valence-corrected chi connectivity index (χ0v) is 5.23. The maximum atomic E-state index is 10.3. The molecule has 1 saturated heterocycles. The molecular formula is C4H4NO3S-. The molecule has 1 atom stereocenters. The van der Waals surface area contributed by atoms with Crippen molar-refractivity contribution in [2.75, 3.05) is 5.75 Å². The van der Waals surface area contributed by atoms with Crippen molar-refractivity contribution in [1.29, 1.82) is 0 Å². The normalized spacial score (nSPS) is 25.8. The van der Waals surface area contributed by atoms with Crippen LogP contribution in [-0.4, -0.2) is 23.0 Å². The Hall–Kier alpha value is -0.710. The van der Waals surface area contributed by atoms with Crippen LogP contribution in [-0.2, 0) is 4.79 Å². The van der Waals surface area contributed by atoms with E-state index in [-0.39, 0.29) is 11.0 Å². The van der Waals surface area contributed by atoms with Crippen LogP contribution in [0.1, 0.15) is 0 Å². The molecule has 1 rings (SSSR count). The molecule has 0 aromatic carbocycles. The van der Waals surface area contributed by atoms with Gasteiger partial charge in [-0.3, -0.25) is 4.79 Å². The van der Waals surface area contributed by atoms with Gasteiger partial charge in [-0.05, 0) is 0 Å². The quantitative estimate of drug-likeness (QED) is 0.492. The van der Waals surface area contributed by atoms with Crippen LogP contribution in [0, 0.1) is 0 Å². The number of thioether (sulfide) groups is 1. The Morgan fingerprint density at radius 3 is 2.78 bits per heavy atom. The Kier molecular flexibility index (Phi) is 1.61. The van der Waals surface area contributed by atoms with Crippen molar-refractivity contribution in [3.8, 4) is 0 Å². The Morgan fingerprint density at radius 1 is 1.89 bits per heavy atom. The van der Waals surface area contributed by atoms with E-state index in [4.69, 9.17) is 0 Å². The standard InChI is InChI=1S/C4H5NO3S/c6-3(7)2-1-9-4(8)5-2/h2H,1H2,(H,5,8)(H,6,7)/p-1/t2-/m1/s1. The zero-order valence-electron chi connectivity index (χ0n) is 4.42. The van der Waals surface area contributed by atoms with Gasteiger partial charge < -0.3 is 15.2 Å². The highest BCUT2D eigenvalue weighted by Gasteiger charge is 2.21. The summed E-state index contributed by atoms with van der Waals surface area (Å²) in [5, 5.41) is 11.9. The maximum Gasteiger partial charge on any atom is 0.279 e. The molecule has 0 bridgehead atoms. The largest absolute Gasteiger partial charge is 0.548 e. The van der Waals surface area contributed by atoms with E-state index in [2.05, 4.69) is 5.32 Å². The third kappa shape index (κ3) is 1.35. The summed E-state index contributed by atoms with van der Waals surface area (Å²) in [5.41, 5.74) is 0. The molecule has 1 fully saturated rings. The Labute approximate surface area is 55.6 Å². The number of carbonyl (C=O) groups excluding carboxylic acids is 2. The van der Waals surface area contributed by atoms with Crippen molar-refractivity contribution >= 4 is 23.0 Å². The third-order valence-electron chi connectivity index (χ3n) is 0.958. The Balaban J connectivity index is 2.48. The van der Waals surface area contributed by atoms with E-state index in [1.54, 1.807) is 0 Å². The number of amides is 1. The highest BCUT2D eigenvalue weighted by molar-refractivity contribution is 8.14. The van der Waals surface area contributed by atoms with E-state index in [9.17, 15) is 14.7 Å². The average molecular weight is 146 g/mol. The van der Waals surface area contributed by atoms with Crippen molar-refractivity contribution in [3.05, 3.63) is 0 Å². The van der Waals surface area contributed by atoms with Crippen LogP contribution in [0.4, 0.5) is 4.79 Å². The van der Waals surface area contributed by atoms with Gasteiger partial charge in [0.25, 0.3) is 5.24 Å². The van der Waals surface area contributed by atoms with Gasteiger partial charge in [-0.2, -0.15) is 0 Å². The summed E-state index contributed by atoms with van der Waals surface area (Å²) >= 11 is 0.963. The molecule has 0 aromatic heterocycles. The van der Waals surface area contributed by atoms with Gasteiger partial charge in [0.15, 0.2) is 0 Å². The fourth-order valence-corrected chi connectivity index (χ4v) is 1.27. The second kappa shape index (κ2) is 2.26. The van der Waals surface area contributed by atoms with Gasteiger partial charge in [-0.15, -0.1) is 0 Å². The first-order valence-electron chi connectivity index (χ1n) is 2.34. The van der Waals surface area contributed by atoms with Gasteiger partial charge in [-0.1, -0.05) is 11.8 Å². The van der Waals surface area contributed by atoms with Gasteiger partial charge in [0.05, 0.1) is 12.0 Å². The van der Waals surface area contributed by atoms with Crippen molar-refractivity contribution < 1.29 is 14.7 Å². The van der Waals surface area contributed by atoms with Crippen molar-refractivity contribution in [2.45, 2.75) is 6.04 Å². The number of rotatable bonds is 1. The number of aliphatic carboxylic acids is 1. The van der Waals surface area contributed by atoms with Crippen molar-refractivity contribution in [2.24, 2.45) is 0 Å². The molecule has 1 N–H and O–H groups in total. The molecule has 0 unspecified atom stereocenters. The molecule has 9 heavy (non-hydrogen) atoms. The summed E-state index contributed by atoms with van der Waals surface area (Å²) in [6.07, 6.45) is 0. The predicted octanol–water partition coefficient (Wildman–Crippen LogP) is -1.44. The van der Waals surface area contributed by atoms with E-state index in [0.29, 0.717) is 0 Å². The third-order valence-corrected chi connectivity index (χ3v) is 1.84. The molecular weight excluding hydrogens is 142 g/mol. The van der Waals surface area contributed by atoms with Crippen LogP contribution in [0.15, 0.2) is 0 Å². The number of nitrogens with one attached hydrogen (secondary N) is 1. The first kappa shape index (κ1) is 6.41. The lowest BCUT2D eigenvalue weighted by atomic mass is 10.4. The fourth-order valence-electron chi connectivity index (χ4n) is 0.512. The Bertz CT molecular complexity index is 158. The minimum Gasteiger partial charge on any atom is -0.548 e. The molecule has 1 amide bonds. The summed E-state index contributed by atoms with van der Waals surface area (Å²) in [4.78, 5) is 20.3. The molecule has 0 aromatic rings. The molecule has 1 aliphatic rings. The number of carboxylic acids is 1. The minimum absolute atomic E-state index is 0.279. The molecule has 4 nitrogen and oxygen atoms in total. The highest BCUT2D eigenvalue weighted by atomic mass is 32.2. The molecule has 0 aliphatic carbocycles. The fraction of sp³-hybridized carbons (Fsp3) is 0.500. The molecule has 1 heterocycles. The van der Waals surface area contributed by atoms with Gasteiger partial charge >= 0.3 is 0 Å². The second-order valence-corrected chi connectivity index (χ2v) is 2.61. The average Bonchev–Trinajstić information content (AvgIpc) is 2.14. The van der Waals surface area contributed by atoms with E-state index in [0.717, 1.165) is 11.8 Å². The van der Waals surface area contributed by atoms with Crippen molar-refractivity contribution in [1.82, 2.24) is 5.32 Å². The number of hydrogen-bond donors (Lipinski definition) is 1. The van der Waals surface area contributed by atoms with E-state index < -0.39 is 12.0 Å². The summed E-state index contributed by atoms with van der Waals surface area (Å²) in [5.74, 6) is -0.936. The second-order valence-electron chi connectivity index (χ2n) is 1.61. The van der Waals surface area contributed by atoms with Crippen LogP contribution in [0.25, 0.3) is 0 Å². The summed E-state index contributed by atoms with van der Waals surface area (Å²) in [6, 6.07) is -0.789. The van der Waals surface area contributed by atoms with E-state index >= 15 is 0 Å². The first-order valence-corrected chi connectivity index (χ1v) is 3.33. The SMILES string of the molecule is O=C1N[C@@H](C(=O)[O-])CS1. The summed E-state index contributed by atoms with van der Waals surface area (Å²) in [6.45, 7) is 0. The minimum atomic E-state index is -1.21. The lowest BCUT2D eigenvalue weighted by Gasteiger charge is -2.07. The summed E-state index contributed by atoms with van der Waals surface area (Å²) < 4.78 is 0. The highest BCUT2D eigenvalue weighted by Crippen LogP contribution is 2.11. The van der Waals surface area contributed by atoms with Gasteiger partial charge in [0, 0.05) is 5.75 Å². The molecule has 50 valence electrons. The molecule has 1 aliphatic heterocycles. The molecule has 0 saturated carbocycles. The molecule has 5 heteroatoms. The lowest BCUT2D eigenvalue weighted by molar-refractivity contribution is -0.307. The van der Waals surface area contributed by atoms with Crippen LogP contribution >= 0.6 is 11.8 Å². The van der Waals surface area contributed by atoms with Gasteiger partial charge in [0.2, 0.25) is 0 Å². The zero-order chi connectivity index (χ0) is 6.85. The topological polar surface area (TPSA) is 69.2 Å². The first-order chi connectivity index (χ1) is 4.20. The van der Waals surface area contributed by atoms with Crippen LogP contribution < -0.4 is 10.4 Å². The molecule has 0 radical (unpaired) electrons. The van der Waals surface area contributed by atoms with E-state index in [1.165, 1.54) is 0 Å². The van der Waals surface area contributed by atoms with E-state index in [1.807, 2.05) is 0 Å². The van der Waals surface area contributed by atoms with Crippen LogP contribution in [0.5, 0.6) is 0 Å². The van der Waals surface area contributed by atoms with Gasteiger partial charge in [0.1, 0.15) is 0 Å². The summed E-state index contributed by atoms with van der Waals surface area (Å²) in [7, 11) is 0. The van der Waals surface area contributed by atoms with Gasteiger partial charge in [-0.25, -0.2) is 0 Å². The molecule has 0 spiro atoms. The van der Waals surface area contributed by atoms with Crippen molar-refractivity contribution in [3.63, 3.8) is 0 Å². The van der Waals surface area contributed by atoms with Crippen LogP contribution in [0.2, 0.25) is 0 Å². The predicted molar refractivity (Wildman–Crippen MR) is 29.8 cm³/mol. The smallest absolute Gasteiger partial charge is 0.279 e. The number of carbonyl (C=O) groups is 2.